The molecule has 0 radical (unpaired) electrons. The Bertz CT molecular complexity index is 623. The van der Waals surface area contributed by atoms with Crippen molar-refractivity contribution >= 4 is 34.0 Å². The predicted octanol–water partition coefficient (Wildman–Crippen LogP) is 3.08. The third-order valence-corrected chi connectivity index (χ3v) is 5.01. The van der Waals surface area contributed by atoms with Crippen LogP contribution in [0, 0.1) is 0 Å². The zero-order valence-electron chi connectivity index (χ0n) is 12.2. The highest BCUT2D eigenvalue weighted by atomic mass is 35.5. The van der Waals surface area contributed by atoms with Crippen LogP contribution in [0.15, 0.2) is 36.5 Å². The van der Waals surface area contributed by atoms with Crippen LogP contribution in [-0.2, 0) is 11.2 Å². The van der Waals surface area contributed by atoms with E-state index in [0.29, 0.717) is 10.8 Å². The van der Waals surface area contributed by atoms with E-state index in [0.717, 1.165) is 37.7 Å². The average Bonchev–Trinajstić information content (AvgIpc) is 3.00. The molecule has 1 aliphatic rings. The smallest absolute Gasteiger partial charge is 0.223 e. The van der Waals surface area contributed by atoms with Crippen LogP contribution in [0.25, 0.3) is 0 Å². The van der Waals surface area contributed by atoms with E-state index < -0.39 is 0 Å². The maximum absolute atomic E-state index is 12.3. The van der Waals surface area contributed by atoms with E-state index in [1.165, 1.54) is 16.9 Å². The lowest BCUT2D eigenvalue weighted by atomic mass is 10.1. The van der Waals surface area contributed by atoms with Gasteiger partial charge in [0.05, 0.1) is 6.20 Å². The SMILES string of the molecule is O=C(CCc1ccccc1)N1CCN(c2ncc(Cl)s2)CC1. The van der Waals surface area contributed by atoms with Gasteiger partial charge in [-0.3, -0.25) is 4.79 Å². The monoisotopic (exact) mass is 335 g/mol. The Morgan fingerprint density at radius 2 is 1.91 bits per heavy atom. The van der Waals surface area contributed by atoms with Gasteiger partial charge in [0.2, 0.25) is 5.91 Å². The largest absolute Gasteiger partial charge is 0.345 e. The summed E-state index contributed by atoms with van der Waals surface area (Å²) in [6.07, 6.45) is 3.06. The van der Waals surface area contributed by atoms with E-state index in [9.17, 15) is 4.79 Å². The minimum atomic E-state index is 0.237. The van der Waals surface area contributed by atoms with Gasteiger partial charge in [-0.1, -0.05) is 53.3 Å². The maximum atomic E-state index is 12.3. The molecular formula is C16H18ClN3OS. The number of thiazole rings is 1. The number of carbonyl (C=O) groups excluding carboxylic acids is 1. The fourth-order valence-electron chi connectivity index (χ4n) is 2.59. The molecule has 1 aromatic heterocycles. The molecule has 1 amide bonds. The van der Waals surface area contributed by atoms with E-state index in [-0.39, 0.29) is 5.91 Å². The highest BCUT2D eigenvalue weighted by molar-refractivity contribution is 7.19. The van der Waals surface area contributed by atoms with Gasteiger partial charge in [0.1, 0.15) is 4.34 Å². The third kappa shape index (κ3) is 3.78. The second-order valence-corrected chi connectivity index (χ2v) is 6.94. The summed E-state index contributed by atoms with van der Waals surface area (Å²) in [6, 6.07) is 10.2. The number of aryl methyl sites for hydroxylation is 1. The number of aromatic nitrogens is 1. The summed E-state index contributed by atoms with van der Waals surface area (Å²) in [5.41, 5.74) is 1.21. The fourth-order valence-corrected chi connectivity index (χ4v) is 3.55. The van der Waals surface area contributed by atoms with E-state index in [4.69, 9.17) is 11.6 Å². The molecule has 0 aliphatic carbocycles. The van der Waals surface area contributed by atoms with Crippen LogP contribution < -0.4 is 4.90 Å². The number of piperazine rings is 1. The number of benzene rings is 1. The van der Waals surface area contributed by atoms with Gasteiger partial charge < -0.3 is 9.80 Å². The fraction of sp³-hybridized carbons (Fsp3) is 0.375. The topological polar surface area (TPSA) is 36.4 Å². The Balaban J connectivity index is 1.47. The highest BCUT2D eigenvalue weighted by Crippen LogP contribution is 2.26. The first-order chi connectivity index (χ1) is 10.7. The van der Waals surface area contributed by atoms with E-state index >= 15 is 0 Å². The summed E-state index contributed by atoms with van der Waals surface area (Å²) in [4.78, 5) is 20.7. The Hall–Kier alpha value is -1.59. The quantitative estimate of drug-likeness (QED) is 0.861. The molecule has 0 N–H and O–H groups in total. The Morgan fingerprint density at radius 1 is 1.18 bits per heavy atom. The highest BCUT2D eigenvalue weighted by Gasteiger charge is 2.22. The summed E-state index contributed by atoms with van der Waals surface area (Å²) in [6.45, 7) is 3.15. The van der Waals surface area contributed by atoms with Crippen molar-refractivity contribution < 1.29 is 4.79 Å². The van der Waals surface area contributed by atoms with Gasteiger partial charge in [-0.15, -0.1) is 0 Å². The molecule has 1 saturated heterocycles. The van der Waals surface area contributed by atoms with Crippen LogP contribution in [-0.4, -0.2) is 42.0 Å². The number of hydrogen-bond donors (Lipinski definition) is 0. The molecular weight excluding hydrogens is 318 g/mol. The Labute approximate surface area is 139 Å². The van der Waals surface area contributed by atoms with E-state index in [1.54, 1.807) is 6.20 Å². The van der Waals surface area contributed by atoms with Crippen molar-refractivity contribution in [2.45, 2.75) is 12.8 Å². The van der Waals surface area contributed by atoms with Crippen LogP contribution in [0.3, 0.4) is 0 Å². The molecule has 116 valence electrons. The van der Waals surface area contributed by atoms with Gasteiger partial charge in [0.15, 0.2) is 5.13 Å². The molecule has 2 heterocycles. The lowest BCUT2D eigenvalue weighted by Crippen LogP contribution is -2.48. The number of nitrogens with zero attached hydrogens (tertiary/aromatic N) is 3. The predicted molar refractivity (Wildman–Crippen MR) is 90.7 cm³/mol. The van der Waals surface area contributed by atoms with E-state index in [1.807, 2.05) is 23.1 Å². The molecule has 0 unspecified atom stereocenters. The number of anilines is 1. The standard InChI is InChI=1S/C16H18ClN3OS/c17-14-12-18-16(22-14)20-10-8-19(9-11-20)15(21)7-6-13-4-2-1-3-5-13/h1-5,12H,6-11H2. The second kappa shape index (κ2) is 7.11. The van der Waals surface area contributed by atoms with Gasteiger partial charge >= 0.3 is 0 Å². The molecule has 3 rings (SSSR count). The molecule has 0 atom stereocenters. The lowest BCUT2D eigenvalue weighted by Gasteiger charge is -2.34. The van der Waals surface area contributed by atoms with Crippen LogP contribution >= 0.6 is 22.9 Å². The number of rotatable bonds is 4. The maximum Gasteiger partial charge on any atom is 0.223 e. The first-order valence-corrected chi connectivity index (χ1v) is 8.60. The van der Waals surface area contributed by atoms with Crippen LogP contribution in [0.4, 0.5) is 5.13 Å². The van der Waals surface area contributed by atoms with Crippen LogP contribution in [0.5, 0.6) is 0 Å². The normalized spacial score (nSPS) is 15.1. The first kappa shape index (κ1) is 15.3. The summed E-state index contributed by atoms with van der Waals surface area (Å²) >= 11 is 7.41. The molecule has 1 aliphatic heterocycles. The van der Waals surface area contributed by atoms with E-state index in [2.05, 4.69) is 22.0 Å². The third-order valence-electron chi connectivity index (χ3n) is 3.84. The molecule has 1 aromatic carbocycles. The summed E-state index contributed by atoms with van der Waals surface area (Å²) in [5.74, 6) is 0.237. The number of amides is 1. The van der Waals surface area contributed by atoms with Crippen molar-refractivity contribution in [3.63, 3.8) is 0 Å². The zero-order valence-corrected chi connectivity index (χ0v) is 13.8. The summed E-state index contributed by atoms with van der Waals surface area (Å²) in [7, 11) is 0. The Morgan fingerprint density at radius 3 is 2.55 bits per heavy atom. The van der Waals surface area contributed by atoms with Crippen LogP contribution in [0.2, 0.25) is 4.34 Å². The molecule has 1 fully saturated rings. The Kier molecular flexibility index (Phi) is 4.95. The molecule has 0 spiro atoms. The van der Waals surface area contributed by atoms with Gasteiger partial charge in [-0.05, 0) is 12.0 Å². The van der Waals surface area contributed by atoms with Crippen molar-refractivity contribution in [1.82, 2.24) is 9.88 Å². The molecule has 6 heteroatoms. The van der Waals surface area contributed by atoms with Gasteiger partial charge in [-0.25, -0.2) is 4.98 Å². The molecule has 0 saturated carbocycles. The van der Waals surface area contributed by atoms with Crippen molar-refractivity contribution in [2.75, 3.05) is 31.1 Å². The van der Waals surface area contributed by atoms with Gasteiger partial charge in [0.25, 0.3) is 0 Å². The van der Waals surface area contributed by atoms with Gasteiger partial charge in [0, 0.05) is 32.6 Å². The minimum Gasteiger partial charge on any atom is -0.345 e. The molecule has 2 aromatic rings. The lowest BCUT2D eigenvalue weighted by molar-refractivity contribution is -0.131. The minimum absolute atomic E-state index is 0.237. The molecule has 4 nitrogen and oxygen atoms in total. The molecule has 22 heavy (non-hydrogen) atoms. The van der Waals surface area contributed by atoms with Crippen molar-refractivity contribution in [1.29, 1.82) is 0 Å². The number of halogens is 1. The first-order valence-electron chi connectivity index (χ1n) is 7.40. The zero-order chi connectivity index (χ0) is 15.4. The van der Waals surface area contributed by atoms with Crippen molar-refractivity contribution in [2.24, 2.45) is 0 Å². The second-order valence-electron chi connectivity index (χ2n) is 5.30. The average molecular weight is 336 g/mol. The van der Waals surface area contributed by atoms with Gasteiger partial charge in [-0.2, -0.15) is 0 Å². The summed E-state index contributed by atoms with van der Waals surface area (Å²) < 4.78 is 0.705. The number of hydrogen-bond acceptors (Lipinski definition) is 4. The number of carbonyl (C=O) groups is 1. The molecule has 0 bridgehead atoms. The van der Waals surface area contributed by atoms with Crippen LogP contribution in [0.1, 0.15) is 12.0 Å². The summed E-state index contributed by atoms with van der Waals surface area (Å²) in [5, 5.41) is 0.946. The van der Waals surface area contributed by atoms with Crippen molar-refractivity contribution in [3.05, 3.63) is 46.4 Å². The van der Waals surface area contributed by atoms with Crippen molar-refractivity contribution in [3.8, 4) is 0 Å².